The number of ketones is 1. The number of furan rings is 1. The van der Waals surface area contributed by atoms with Crippen LogP contribution in [0.1, 0.15) is 41.3 Å². The number of Topliss-reactive ketones (excluding diaryl/α,β-unsaturated/α-hetero) is 1. The van der Waals surface area contributed by atoms with E-state index in [1.807, 2.05) is 56.6 Å². The zero-order valence-electron chi connectivity index (χ0n) is 18.0. The van der Waals surface area contributed by atoms with Gasteiger partial charge < -0.3 is 8.98 Å². The summed E-state index contributed by atoms with van der Waals surface area (Å²) in [7, 11) is 4.10. The minimum Gasteiger partial charge on any atom is -0.453 e. The minimum absolute atomic E-state index is 0.0586. The summed E-state index contributed by atoms with van der Waals surface area (Å²) < 4.78 is 7.85. The fourth-order valence-electron chi connectivity index (χ4n) is 3.67. The molecule has 1 atom stereocenters. The quantitative estimate of drug-likeness (QED) is 0.271. The lowest BCUT2D eigenvalue weighted by Gasteiger charge is -2.23. The molecule has 0 radical (unpaired) electrons. The van der Waals surface area contributed by atoms with Crippen molar-refractivity contribution in [2.45, 2.75) is 31.1 Å². The van der Waals surface area contributed by atoms with Crippen molar-refractivity contribution in [3.05, 3.63) is 77.8 Å². The molecule has 0 unspecified atom stereocenters. The first-order chi connectivity index (χ1) is 15.1. The number of nitrogens with zero attached hydrogens (tertiary/aromatic N) is 4. The third-order valence-electron chi connectivity index (χ3n) is 5.27. The maximum absolute atomic E-state index is 12.8. The van der Waals surface area contributed by atoms with Gasteiger partial charge in [0.05, 0.1) is 18.3 Å². The molecule has 160 valence electrons. The number of benzene rings is 2. The molecule has 4 rings (SSSR count). The molecule has 31 heavy (non-hydrogen) atoms. The largest absolute Gasteiger partial charge is 0.453 e. The maximum atomic E-state index is 12.8. The zero-order valence-corrected chi connectivity index (χ0v) is 18.8. The van der Waals surface area contributed by atoms with Gasteiger partial charge in [0.2, 0.25) is 5.78 Å². The van der Waals surface area contributed by atoms with Gasteiger partial charge in [-0.3, -0.25) is 9.69 Å². The second-order valence-electron chi connectivity index (χ2n) is 7.66. The van der Waals surface area contributed by atoms with Crippen molar-refractivity contribution in [3.63, 3.8) is 0 Å². The summed E-state index contributed by atoms with van der Waals surface area (Å²) in [6, 6.07) is 19.8. The van der Waals surface area contributed by atoms with E-state index in [2.05, 4.69) is 38.7 Å². The number of fused-ring (bicyclic) bond motifs is 1. The van der Waals surface area contributed by atoms with Crippen LogP contribution in [0.4, 0.5) is 0 Å². The highest BCUT2D eigenvalue weighted by Gasteiger charge is 2.23. The first-order valence-corrected chi connectivity index (χ1v) is 11.3. The fourth-order valence-corrected chi connectivity index (χ4v) is 4.48. The molecular formula is C24H26N4O2S. The van der Waals surface area contributed by atoms with Crippen LogP contribution < -0.4 is 0 Å². The van der Waals surface area contributed by atoms with Crippen LogP contribution in [-0.4, -0.2) is 45.3 Å². The van der Waals surface area contributed by atoms with Crippen LogP contribution in [0, 0.1) is 0 Å². The van der Waals surface area contributed by atoms with Gasteiger partial charge in [0, 0.05) is 5.39 Å². The van der Waals surface area contributed by atoms with E-state index in [0.717, 1.165) is 28.4 Å². The molecule has 0 N–H and O–H groups in total. The Morgan fingerprint density at radius 2 is 1.84 bits per heavy atom. The van der Waals surface area contributed by atoms with E-state index in [0.29, 0.717) is 12.3 Å². The monoisotopic (exact) mass is 434 g/mol. The standard InChI is InChI=1S/C24H26N4O2S/c1-4-19(27(2)3)23-25-26-24(28(23)15-17-10-6-5-7-11-17)31-16-20(29)22-14-18-12-8-9-13-21(18)30-22/h5-14,19H,4,15-16H2,1-3H3/t19-/m0/s1. The van der Waals surface area contributed by atoms with Gasteiger partial charge in [-0.05, 0) is 38.2 Å². The van der Waals surface area contributed by atoms with Crippen molar-refractivity contribution < 1.29 is 9.21 Å². The van der Waals surface area contributed by atoms with E-state index >= 15 is 0 Å². The van der Waals surface area contributed by atoms with Gasteiger partial charge >= 0.3 is 0 Å². The molecule has 0 bridgehead atoms. The van der Waals surface area contributed by atoms with Crippen molar-refractivity contribution in [1.82, 2.24) is 19.7 Å². The van der Waals surface area contributed by atoms with Gasteiger partial charge in [-0.25, -0.2) is 0 Å². The molecule has 0 saturated carbocycles. The summed E-state index contributed by atoms with van der Waals surface area (Å²) in [6.07, 6.45) is 0.919. The van der Waals surface area contributed by atoms with Crippen LogP contribution in [0.2, 0.25) is 0 Å². The highest BCUT2D eigenvalue weighted by molar-refractivity contribution is 7.99. The number of aromatic nitrogens is 3. The number of hydrogen-bond donors (Lipinski definition) is 0. The molecule has 2 aromatic heterocycles. The third-order valence-corrected chi connectivity index (χ3v) is 6.24. The predicted octanol–water partition coefficient (Wildman–Crippen LogP) is 5.06. The molecule has 7 heteroatoms. The summed E-state index contributed by atoms with van der Waals surface area (Å²) in [5, 5.41) is 10.6. The Balaban J connectivity index is 1.58. The van der Waals surface area contributed by atoms with Crippen molar-refractivity contribution >= 4 is 28.5 Å². The minimum atomic E-state index is -0.0586. The van der Waals surface area contributed by atoms with Gasteiger partial charge in [0.25, 0.3) is 0 Å². The molecular weight excluding hydrogens is 408 g/mol. The van der Waals surface area contributed by atoms with Crippen LogP contribution in [0.15, 0.2) is 70.2 Å². The van der Waals surface area contributed by atoms with Crippen LogP contribution in [0.25, 0.3) is 11.0 Å². The van der Waals surface area contributed by atoms with Crippen LogP contribution in [0.5, 0.6) is 0 Å². The highest BCUT2D eigenvalue weighted by atomic mass is 32.2. The van der Waals surface area contributed by atoms with Crippen LogP contribution in [-0.2, 0) is 6.54 Å². The van der Waals surface area contributed by atoms with E-state index in [1.54, 1.807) is 6.07 Å². The lowest BCUT2D eigenvalue weighted by atomic mass is 10.2. The van der Waals surface area contributed by atoms with Crippen molar-refractivity contribution in [2.24, 2.45) is 0 Å². The topological polar surface area (TPSA) is 64.2 Å². The second-order valence-corrected chi connectivity index (χ2v) is 8.60. The summed E-state index contributed by atoms with van der Waals surface area (Å²) in [5.74, 6) is 1.47. The van der Waals surface area contributed by atoms with Gasteiger partial charge in [0.15, 0.2) is 16.7 Å². The lowest BCUT2D eigenvalue weighted by Crippen LogP contribution is -2.23. The van der Waals surface area contributed by atoms with Crippen LogP contribution >= 0.6 is 11.8 Å². The van der Waals surface area contributed by atoms with Gasteiger partial charge in [-0.2, -0.15) is 0 Å². The molecule has 0 aliphatic carbocycles. The van der Waals surface area contributed by atoms with E-state index in [1.165, 1.54) is 17.3 Å². The van der Waals surface area contributed by atoms with Gasteiger partial charge in [-0.1, -0.05) is 67.2 Å². The Bertz CT molecular complexity index is 1130. The third kappa shape index (κ3) is 4.73. The molecule has 2 heterocycles. The summed E-state index contributed by atoms with van der Waals surface area (Å²) in [5.41, 5.74) is 1.89. The smallest absolute Gasteiger partial charge is 0.208 e. The highest BCUT2D eigenvalue weighted by Crippen LogP contribution is 2.27. The van der Waals surface area contributed by atoms with Gasteiger partial charge in [-0.15, -0.1) is 10.2 Å². The lowest BCUT2D eigenvalue weighted by molar-refractivity contribution is 0.0994. The van der Waals surface area contributed by atoms with E-state index in [9.17, 15) is 4.79 Å². The molecule has 2 aromatic carbocycles. The maximum Gasteiger partial charge on any atom is 0.208 e. The number of carbonyl (C=O) groups is 1. The molecule has 6 nitrogen and oxygen atoms in total. The Morgan fingerprint density at radius 1 is 1.10 bits per heavy atom. The average molecular weight is 435 g/mol. The number of rotatable bonds is 9. The summed E-state index contributed by atoms with van der Waals surface area (Å²) in [6.45, 7) is 2.80. The van der Waals surface area contributed by atoms with E-state index in [-0.39, 0.29) is 17.6 Å². The van der Waals surface area contributed by atoms with Crippen LogP contribution in [0.3, 0.4) is 0 Å². The number of para-hydroxylation sites is 1. The van der Waals surface area contributed by atoms with Crippen molar-refractivity contribution in [2.75, 3.05) is 19.8 Å². The normalized spacial score (nSPS) is 12.5. The number of thioether (sulfide) groups is 1. The summed E-state index contributed by atoms with van der Waals surface area (Å²) >= 11 is 1.40. The Labute approximate surface area is 186 Å². The Hall–Kier alpha value is -2.90. The molecule has 0 aliphatic heterocycles. The zero-order chi connectivity index (χ0) is 21.8. The fraction of sp³-hybridized carbons (Fsp3) is 0.292. The molecule has 4 aromatic rings. The Morgan fingerprint density at radius 3 is 2.55 bits per heavy atom. The second kappa shape index (κ2) is 9.49. The summed E-state index contributed by atoms with van der Waals surface area (Å²) in [4.78, 5) is 14.9. The van der Waals surface area contributed by atoms with E-state index in [4.69, 9.17) is 4.42 Å². The average Bonchev–Trinajstić information content (AvgIpc) is 3.38. The molecule has 0 fully saturated rings. The van der Waals surface area contributed by atoms with E-state index < -0.39 is 0 Å². The number of carbonyl (C=O) groups excluding carboxylic acids is 1. The van der Waals surface area contributed by atoms with Gasteiger partial charge in [0.1, 0.15) is 5.58 Å². The SMILES string of the molecule is CC[C@@H](c1nnc(SCC(=O)c2cc3ccccc3o2)n1Cc1ccccc1)N(C)C. The molecule has 0 amide bonds. The van der Waals surface area contributed by atoms with Crippen molar-refractivity contribution in [1.29, 1.82) is 0 Å². The number of hydrogen-bond acceptors (Lipinski definition) is 6. The molecule has 0 spiro atoms. The molecule has 0 saturated heterocycles. The van der Waals surface area contributed by atoms with Crippen molar-refractivity contribution in [3.8, 4) is 0 Å². The first kappa shape index (κ1) is 21.3. The Kier molecular flexibility index (Phi) is 6.53. The predicted molar refractivity (Wildman–Crippen MR) is 124 cm³/mol. The first-order valence-electron chi connectivity index (χ1n) is 10.3. The molecule has 0 aliphatic rings.